The first-order valence-electron chi connectivity index (χ1n) is 8.13. The Kier molecular flexibility index (Phi) is 6.12. The van der Waals surface area contributed by atoms with Gasteiger partial charge in [0.15, 0.2) is 0 Å². The highest BCUT2D eigenvalue weighted by atomic mass is 16.5. The molecule has 0 unspecified atom stereocenters. The Labute approximate surface area is 141 Å². The number of ether oxygens (including phenoxy) is 2. The van der Waals surface area contributed by atoms with Crippen molar-refractivity contribution in [3.63, 3.8) is 0 Å². The van der Waals surface area contributed by atoms with Crippen LogP contribution in [0.2, 0.25) is 0 Å². The zero-order valence-corrected chi connectivity index (χ0v) is 14.2. The SMILES string of the molecule is CCCn1nc(-c2ccc(OCC)cc2)cc(C(=O)OCC)c1=O. The number of benzene rings is 1. The van der Waals surface area contributed by atoms with E-state index >= 15 is 0 Å². The van der Waals surface area contributed by atoms with Crippen molar-refractivity contribution in [1.82, 2.24) is 9.78 Å². The van der Waals surface area contributed by atoms with Gasteiger partial charge in [0.25, 0.3) is 5.56 Å². The van der Waals surface area contributed by atoms with Crippen molar-refractivity contribution in [2.24, 2.45) is 0 Å². The number of hydrogen-bond donors (Lipinski definition) is 0. The van der Waals surface area contributed by atoms with Gasteiger partial charge in [0.1, 0.15) is 11.3 Å². The molecule has 128 valence electrons. The van der Waals surface area contributed by atoms with Gasteiger partial charge in [-0.25, -0.2) is 9.48 Å². The third kappa shape index (κ3) is 4.01. The van der Waals surface area contributed by atoms with E-state index in [1.165, 1.54) is 10.7 Å². The van der Waals surface area contributed by atoms with Crippen LogP contribution in [-0.4, -0.2) is 29.0 Å². The lowest BCUT2D eigenvalue weighted by atomic mass is 10.1. The molecule has 6 heteroatoms. The van der Waals surface area contributed by atoms with Crippen LogP contribution >= 0.6 is 0 Å². The van der Waals surface area contributed by atoms with Crippen molar-refractivity contribution in [3.8, 4) is 17.0 Å². The molecule has 0 radical (unpaired) electrons. The summed E-state index contributed by atoms with van der Waals surface area (Å²) in [6.45, 7) is 6.81. The van der Waals surface area contributed by atoms with E-state index in [0.717, 1.165) is 17.7 Å². The maximum Gasteiger partial charge on any atom is 0.343 e. The zero-order valence-electron chi connectivity index (χ0n) is 14.2. The molecule has 1 aromatic heterocycles. The van der Waals surface area contributed by atoms with E-state index in [4.69, 9.17) is 9.47 Å². The molecule has 0 bridgehead atoms. The van der Waals surface area contributed by atoms with E-state index in [9.17, 15) is 9.59 Å². The largest absolute Gasteiger partial charge is 0.494 e. The number of carbonyl (C=O) groups excluding carboxylic acids is 1. The van der Waals surface area contributed by atoms with Gasteiger partial charge in [0, 0.05) is 12.1 Å². The van der Waals surface area contributed by atoms with E-state index in [1.54, 1.807) is 6.92 Å². The molecule has 1 heterocycles. The molecule has 2 rings (SSSR count). The predicted octanol–water partition coefficient (Wildman–Crippen LogP) is 2.90. The molecule has 0 aliphatic carbocycles. The van der Waals surface area contributed by atoms with Crippen LogP contribution in [0.3, 0.4) is 0 Å². The number of esters is 1. The third-order valence-corrected chi connectivity index (χ3v) is 3.37. The molecule has 0 N–H and O–H groups in total. The van der Waals surface area contributed by atoms with Gasteiger partial charge in [-0.2, -0.15) is 5.10 Å². The fourth-order valence-electron chi connectivity index (χ4n) is 2.29. The quantitative estimate of drug-likeness (QED) is 0.730. The maximum absolute atomic E-state index is 12.4. The summed E-state index contributed by atoms with van der Waals surface area (Å²) >= 11 is 0. The topological polar surface area (TPSA) is 70.4 Å². The van der Waals surface area contributed by atoms with Crippen molar-refractivity contribution >= 4 is 5.97 Å². The van der Waals surface area contributed by atoms with Crippen LogP contribution in [0.5, 0.6) is 5.75 Å². The number of rotatable bonds is 7. The summed E-state index contributed by atoms with van der Waals surface area (Å²) in [6.07, 6.45) is 0.738. The van der Waals surface area contributed by atoms with Gasteiger partial charge >= 0.3 is 5.97 Å². The molecule has 0 atom stereocenters. The van der Waals surface area contributed by atoms with E-state index in [1.807, 2.05) is 38.1 Å². The first-order chi connectivity index (χ1) is 11.6. The van der Waals surface area contributed by atoms with Crippen molar-refractivity contribution in [1.29, 1.82) is 0 Å². The summed E-state index contributed by atoms with van der Waals surface area (Å²) < 4.78 is 11.7. The summed E-state index contributed by atoms with van der Waals surface area (Å²) in [4.78, 5) is 24.4. The number of carbonyl (C=O) groups is 1. The fraction of sp³-hybridized carbons (Fsp3) is 0.389. The monoisotopic (exact) mass is 330 g/mol. The Hall–Kier alpha value is -2.63. The molecule has 0 fully saturated rings. The number of hydrogen-bond acceptors (Lipinski definition) is 5. The summed E-state index contributed by atoms with van der Waals surface area (Å²) in [5.74, 6) is 0.135. The Morgan fingerprint density at radius 2 is 1.83 bits per heavy atom. The molecule has 6 nitrogen and oxygen atoms in total. The second-order valence-electron chi connectivity index (χ2n) is 5.15. The lowest BCUT2D eigenvalue weighted by Crippen LogP contribution is -2.29. The number of aromatic nitrogens is 2. The number of nitrogens with zero attached hydrogens (tertiary/aromatic N) is 2. The van der Waals surface area contributed by atoms with Crippen molar-refractivity contribution < 1.29 is 14.3 Å². The second kappa shape index (κ2) is 8.29. The molecule has 0 saturated heterocycles. The van der Waals surface area contributed by atoms with Crippen molar-refractivity contribution in [2.45, 2.75) is 33.7 Å². The van der Waals surface area contributed by atoms with Crippen LogP contribution < -0.4 is 10.3 Å². The standard InChI is InChI=1S/C18H22N2O4/c1-4-11-20-17(21)15(18(22)24-6-3)12-16(19-20)13-7-9-14(10-8-13)23-5-2/h7-10,12H,4-6,11H2,1-3H3. The first kappa shape index (κ1) is 17.7. The first-order valence-corrected chi connectivity index (χ1v) is 8.13. The van der Waals surface area contributed by atoms with Crippen LogP contribution in [0.25, 0.3) is 11.3 Å². The van der Waals surface area contributed by atoms with Crippen molar-refractivity contribution in [3.05, 3.63) is 46.2 Å². The van der Waals surface area contributed by atoms with Crippen LogP contribution in [0.15, 0.2) is 35.1 Å². The minimum atomic E-state index is -0.623. The highest BCUT2D eigenvalue weighted by Crippen LogP contribution is 2.21. The molecular formula is C18H22N2O4. The van der Waals surface area contributed by atoms with Crippen molar-refractivity contribution in [2.75, 3.05) is 13.2 Å². The summed E-state index contributed by atoms with van der Waals surface area (Å²) in [5.41, 5.74) is 0.928. The van der Waals surface area contributed by atoms with E-state index in [0.29, 0.717) is 18.8 Å². The van der Waals surface area contributed by atoms with E-state index < -0.39 is 11.5 Å². The summed E-state index contributed by atoms with van der Waals surface area (Å²) in [6, 6.07) is 8.86. The summed E-state index contributed by atoms with van der Waals surface area (Å²) in [5, 5.41) is 4.37. The molecule has 2 aromatic rings. The van der Waals surface area contributed by atoms with Gasteiger partial charge in [-0.15, -0.1) is 0 Å². The normalized spacial score (nSPS) is 10.5. The minimum absolute atomic E-state index is 0.00387. The third-order valence-electron chi connectivity index (χ3n) is 3.37. The molecule has 0 saturated carbocycles. The van der Waals surface area contributed by atoms with Gasteiger partial charge in [0.05, 0.1) is 18.9 Å². The van der Waals surface area contributed by atoms with Gasteiger partial charge in [-0.3, -0.25) is 4.79 Å². The minimum Gasteiger partial charge on any atom is -0.494 e. The average Bonchev–Trinajstić information content (AvgIpc) is 2.58. The average molecular weight is 330 g/mol. The smallest absolute Gasteiger partial charge is 0.343 e. The van der Waals surface area contributed by atoms with Gasteiger partial charge in [0.2, 0.25) is 0 Å². The molecule has 0 spiro atoms. The van der Waals surface area contributed by atoms with E-state index in [2.05, 4.69) is 5.10 Å². The Morgan fingerprint density at radius 1 is 1.12 bits per heavy atom. The Morgan fingerprint density at radius 3 is 2.42 bits per heavy atom. The Balaban J connectivity index is 2.48. The van der Waals surface area contributed by atoms with E-state index in [-0.39, 0.29) is 12.2 Å². The van der Waals surface area contributed by atoms with Crippen LogP contribution in [0.4, 0.5) is 0 Å². The zero-order chi connectivity index (χ0) is 17.5. The molecular weight excluding hydrogens is 308 g/mol. The van der Waals surface area contributed by atoms with Gasteiger partial charge in [-0.1, -0.05) is 6.92 Å². The summed E-state index contributed by atoms with van der Waals surface area (Å²) in [7, 11) is 0. The molecule has 0 aliphatic heterocycles. The highest BCUT2D eigenvalue weighted by Gasteiger charge is 2.17. The molecule has 0 amide bonds. The predicted molar refractivity (Wildman–Crippen MR) is 91.3 cm³/mol. The lowest BCUT2D eigenvalue weighted by molar-refractivity contribution is 0.0523. The van der Waals surface area contributed by atoms with Gasteiger partial charge < -0.3 is 9.47 Å². The highest BCUT2D eigenvalue weighted by molar-refractivity contribution is 5.90. The molecule has 24 heavy (non-hydrogen) atoms. The lowest BCUT2D eigenvalue weighted by Gasteiger charge is -2.10. The Bertz CT molecular complexity index is 751. The van der Waals surface area contributed by atoms with Crippen LogP contribution in [-0.2, 0) is 11.3 Å². The fourth-order valence-corrected chi connectivity index (χ4v) is 2.29. The van der Waals surface area contributed by atoms with Crippen LogP contribution in [0.1, 0.15) is 37.6 Å². The maximum atomic E-state index is 12.4. The molecule has 0 aliphatic rings. The van der Waals surface area contributed by atoms with Crippen LogP contribution in [0, 0.1) is 0 Å². The molecule has 1 aromatic carbocycles. The number of aryl methyl sites for hydroxylation is 1. The van der Waals surface area contributed by atoms with Gasteiger partial charge in [-0.05, 0) is 50.6 Å². The second-order valence-corrected chi connectivity index (χ2v) is 5.15.